The average Bonchev–Trinajstić information content (AvgIpc) is 0.940. The predicted octanol–water partition coefficient (Wildman–Crippen LogP) is 25.6. The Bertz CT molecular complexity index is 1960. The molecule has 103 heavy (non-hydrogen) atoms. The van der Waals surface area contributed by atoms with Crippen molar-refractivity contribution >= 4 is 39.5 Å². The molecule has 0 saturated heterocycles. The van der Waals surface area contributed by atoms with Gasteiger partial charge in [-0.2, -0.15) is 0 Å². The van der Waals surface area contributed by atoms with Gasteiger partial charge in [-0.25, -0.2) is 9.13 Å². The molecule has 0 aliphatic rings. The molecule has 0 aromatic rings. The van der Waals surface area contributed by atoms with Crippen LogP contribution in [0.15, 0.2) is 0 Å². The van der Waals surface area contributed by atoms with Gasteiger partial charge in [-0.05, 0) is 31.6 Å². The first-order chi connectivity index (χ1) is 50.1. The molecule has 0 aromatic heterocycles. The van der Waals surface area contributed by atoms with Gasteiger partial charge in [-0.15, -0.1) is 0 Å². The van der Waals surface area contributed by atoms with Crippen LogP contribution in [-0.4, -0.2) is 96.7 Å². The number of esters is 4. The van der Waals surface area contributed by atoms with Crippen molar-refractivity contribution < 1.29 is 80.2 Å². The summed E-state index contributed by atoms with van der Waals surface area (Å²) >= 11 is 0. The van der Waals surface area contributed by atoms with Gasteiger partial charge in [0.1, 0.15) is 19.3 Å². The number of aliphatic hydroxyl groups is 1. The van der Waals surface area contributed by atoms with Gasteiger partial charge in [0.05, 0.1) is 26.4 Å². The van der Waals surface area contributed by atoms with E-state index in [1.54, 1.807) is 0 Å². The third-order valence-electron chi connectivity index (χ3n) is 20.1. The highest BCUT2D eigenvalue weighted by molar-refractivity contribution is 7.47. The fourth-order valence-electron chi connectivity index (χ4n) is 13.1. The highest BCUT2D eigenvalue weighted by atomic mass is 31.2. The topological polar surface area (TPSA) is 237 Å². The zero-order chi connectivity index (χ0) is 75.5. The molecule has 0 aromatic carbocycles. The highest BCUT2D eigenvalue weighted by Crippen LogP contribution is 2.45. The summed E-state index contributed by atoms with van der Waals surface area (Å²) in [6.07, 6.45) is 69.3. The van der Waals surface area contributed by atoms with Gasteiger partial charge >= 0.3 is 39.5 Å². The second kappa shape index (κ2) is 76.8. The van der Waals surface area contributed by atoms with Crippen molar-refractivity contribution in [3.63, 3.8) is 0 Å². The Morgan fingerprint density at radius 1 is 0.272 bits per heavy atom. The molecule has 0 amide bonds. The minimum atomic E-state index is -4.96. The van der Waals surface area contributed by atoms with Crippen molar-refractivity contribution in [2.24, 2.45) is 5.92 Å². The van der Waals surface area contributed by atoms with Crippen LogP contribution in [-0.2, 0) is 65.4 Å². The Morgan fingerprint density at radius 3 is 0.689 bits per heavy atom. The van der Waals surface area contributed by atoms with Crippen molar-refractivity contribution in [2.45, 2.75) is 470 Å². The first-order valence-corrected chi connectivity index (χ1v) is 46.7. The molecule has 0 bridgehead atoms. The van der Waals surface area contributed by atoms with Crippen LogP contribution in [0.5, 0.6) is 0 Å². The van der Waals surface area contributed by atoms with Crippen LogP contribution in [0.1, 0.15) is 452 Å². The van der Waals surface area contributed by atoms with Crippen LogP contribution in [0.3, 0.4) is 0 Å². The van der Waals surface area contributed by atoms with Gasteiger partial charge in [-0.1, -0.05) is 401 Å². The van der Waals surface area contributed by atoms with E-state index >= 15 is 0 Å². The molecule has 612 valence electrons. The van der Waals surface area contributed by atoms with E-state index in [4.69, 9.17) is 37.0 Å². The number of phosphoric acid groups is 2. The lowest BCUT2D eigenvalue weighted by atomic mass is 9.99. The number of aliphatic hydroxyl groups excluding tert-OH is 1. The first kappa shape index (κ1) is 101. The van der Waals surface area contributed by atoms with E-state index in [1.165, 1.54) is 276 Å². The lowest BCUT2D eigenvalue weighted by molar-refractivity contribution is -0.161. The summed E-state index contributed by atoms with van der Waals surface area (Å²) in [4.78, 5) is 73.1. The normalized spacial score (nSPS) is 14.1. The largest absolute Gasteiger partial charge is 0.472 e. The maximum Gasteiger partial charge on any atom is 0.472 e. The predicted molar refractivity (Wildman–Crippen MR) is 423 cm³/mol. The zero-order valence-corrected chi connectivity index (χ0v) is 69.3. The van der Waals surface area contributed by atoms with Gasteiger partial charge in [-0.3, -0.25) is 37.3 Å². The average molecular weight is 1510 g/mol. The third kappa shape index (κ3) is 76.6. The second-order valence-corrected chi connectivity index (χ2v) is 33.4. The molecule has 0 fully saturated rings. The van der Waals surface area contributed by atoms with Crippen LogP contribution < -0.4 is 0 Å². The minimum absolute atomic E-state index is 0.109. The molecule has 3 unspecified atom stereocenters. The number of ether oxygens (including phenoxy) is 4. The van der Waals surface area contributed by atoms with E-state index in [-0.39, 0.29) is 25.7 Å². The Kier molecular flexibility index (Phi) is 75.4. The van der Waals surface area contributed by atoms with E-state index in [1.807, 2.05) is 0 Å². The summed E-state index contributed by atoms with van der Waals surface area (Å²) in [5.74, 6) is -1.25. The lowest BCUT2D eigenvalue weighted by Gasteiger charge is -2.21. The summed E-state index contributed by atoms with van der Waals surface area (Å²) < 4.78 is 68.8. The molecule has 0 spiro atoms. The molecule has 0 radical (unpaired) electrons. The zero-order valence-electron chi connectivity index (χ0n) is 67.5. The number of carbonyl (C=O) groups excluding carboxylic acids is 4. The van der Waals surface area contributed by atoms with Crippen LogP contribution in [0.2, 0.25) is 0 Å². The van der Waals surface area contributed by atoms with E-state index in [0.717, 1.165) is 95.8 Å². The van der Waals surface area contributed by atoms with E-state index in [2.05, 4.69) is 34.6 Å². The van der Waals surface area contributed by atoms with Gasteiger partial charge < -0.3 is 33.8 Å². The molecule has 17 nitrogen and oxygen atoms in total. The van der Waals surface area contributed by atoms with Gasteiger partial charge in [0, 0.05) is 25.7 Å². The van der Waals surface area contributed by atoms with Crippen LogP contribution in [0, 0.1) is 5.92 Å². The summed E-state index contributed by atoms with van der Waals surface area (Å²) in [5, 5.41) is 10.7. The van der Waals surface area contributed by atoms with Crippen molar-refractivity contribution in [2.75, 3.05) is 39.6 Å². The molecule has 6 atom stereocenters. The first-order valence-electron chi connectivity index (χ1n) is 43.7. The minimum Gasteiger partial charge on any atom is -0.462 e. The third-order valence-corrected chi connectivity index (χ3v) is 22.0. The van der Waals surface area contributed by atoms with Gasteiger partial charge in [0.25, 0.3) is 0 Å². The molecule has 0 aliphatic heterocycles. The number of rotatable bonds is 84. The van der Waals surface area contributed by atoms with Crippen molar-refractivity contribution in [1.29, 1.82) is 0 Å². The molecule has 0 rings (SSSR count). The monoisotopic (exact) mass is 1510 g/mol. The molecule has 0 aliphatic carbocycles. The Hall–Kier alpha value is -1.94. The van der Waals surface area contributed by atoms with Gasteiger partial charge in [0.15, 0.2) is 12.2 Å². The molecule has 3 N–H and O–H groups in total. The van der Waals surface area contributed by atoms with Crippen LogP contribution >= 0.6 is 15.6 Å². The molecular formula is C84H164O17P2. The number of hydrogen-bond acceptors (Lipinski definition) is 15. The fourth-order valence-corrected chi connectivity index (χ4v) is 14.7. The van der Waals surface area contributed by atoms with Crippen LogP contribution in [0.4, 0.5) is 0 Å². The number of hydrogen-bond donors (Lipinski definition) is 3. The molecule has 0 heterocycles. The molecule has 0 saturated carbocycles. The maximum atomic E-state index is 13.1. The van der Waals surface area contributed by atoms with E-state index in [9.17, 15) is 43.2 Å². The molecular weight excluding hydrogens is 1340 g/mol. The maximum absolute atomic E-state index is 13.1. The summed E-state index contributed by atoms with van der Waals surface area (Å²) in [6.45, 7) is 7.39. The Balaban J connectivity index is 5.21. The van der Waals surface area contributed by atoms with E-state index in [0.29, 0.717) is 25.7 Å². The van der Waals surface area contributed by atoms with Crippen molar-refractivity contribution in [3.05, 3.63) is 0 Å². The number of phosphoric ester groups is 2. The standard InChI is InChI=1S/C84H164O17P2/c1-6-10-13-16-19-22-24-26-28-30-31-32-33-35-41-45-50-55-60-65-70-84(89)101-80(74-95-82(87)68-63-58-53-48-43-39-37-36-38-42-47-51-56-61-66-77(5)9-4)76-99-103(92,93)97-72-78(85)71-96-102(90,91)98-75-79(73-94-81(86)67-62-57-52-46-21-18-15-12-8-3)100-83(88)69-64-59-54-49-44-40-34-29-27-25-23-20-17-14-11-7-2/h77-80,85H,6-76H2,1-5H3,(H,90,91)(H,92,93)/t77?,78-,79+,80+/m0/s1. The van der Waals surface area contributed by atoms with Gasteiger partial charge in [0.2, 0.25) is 0 Å². The number of unbranched alkanes of at least 4 members (excludes halogenated alkanes) is 55. The lowest BCUT2D eigenvalue weighted by Crippen LogP contribution is -2.30. The summed E-state index contributed by atoms with van der Waals surface area (Å²) in [5.41, 5.74) is 0. The Morgan fingerprint density at radius 2 is 0.466 bits per heavy atom. The quantitative estimate of drug-likeness (QED) is 0.0222. The highest BCUT2D eigenvalue weighted by Gasteiger charge is 2.30. The SMILES string of the molecule is CCCCCCCCCCCCCCCCCCCCCCC(=O)O[C@H](COC(=O)CCCCCCCCCCCCCCCCC(C)CC)COP(=O)(O)OC[C@@H](O)COP(=O)(O)OC[C@@H](COC(=O)CCCCCCCCCCC)OC(=O)CCCCCCCCCCCCCCCCCC. The summed E-state index contributed by atoms with van der Waals surface area (Å²) in [6, 6.07) is 0. The summed E-state index contributed by atoms with van der Waals surface area (Å²) in [7, 11) is -9.92. The van der Waals surface area contributed by atoms with Crippen molar-refractivity contribution in [1.82, 2.24) is 0 Å². The van der Waals surface area contributed by atoms with E-state index < -0.39 is 97.5 Å². The second-order valence-electron chi connectivity index (χ2n) is 30.5. The van der Waals surface area contributed by atoms with Crippen LogP contribution in [0.25, 0.3) is 0 Å². The Labute approximate surface area is 632 Å². The van der Waals surface area contributed by atoms with Crippen molar-refractivity contribution in [3.8, 4) is 0 Å². The smallest absolute Gasteiger partial charge is 0.462 e. The number of carbonyl (C=O) groups is 4. The fraction of sp³-hybridized carbons (Fsp3) is 0.952. The molecule has 19 heteroatoms.